The quantitative estimate of drug-likeness (QED) is 0.356. The van der Waals surface area contributed by atoms with Gasteiger partial charge in [-0.2, -0.15) is 4.31 Å². The van der Waals surface area contributed by atoms with Gasteiger partial charge < -0.3 is 34.5 Å². The van der Waals surface area contributed by atoms with Crippen LogP contribution in [-0.2, 0) is 17.1 Å². The fraction of sp³-hybridized carbons (Fsp3) is 0.462. The van der Waals surface area contributed by atoms with Crippen molar-refractivity contribution in [3.63, 3.8) is 0 Å². The average molecular weight is 590 g/mol. The van der Waals surface area contributed by atoms with E-state index in [4.69, 9.17) is 9.26 Å². The van der Waals surface area contributed by atoms with Gasteiger partial charge in [0, 0.05) is 32.8 Å². The molecule has 3 N–H and O–H groups in total. The van der Waals surface area contributed by atoms with E-state index < -0.39 is 34.1 Å². The van der Waals surface area contributed by atoms with E-state index in [0.717, 1.165) is 4.31 Å². The van der Waals surface area contributed by atoms with Crippen molar-refractivity contribution in [3.05, 3.63) is 47.7 Å². The van der Waals surface area contributed by atoms with Crippen LogP contribution in [0.5, 0.6) is 5.75 Å². The number of rotatable bonds is 8. The molecule has 1 aliphatic rings. The summed E-state index contributed by atoms with van der Waals surface area (Å²) < 4.78 is 40.6. The molecule has 0 spiro atoms. The van der Waals surface area contributed by atoms with Crippen LogP contribution in [0.3, 0.4) is 0 Å². The van der Waals surface area contributed by atoms with E-state index in [1.54, 1.807) is 46.0 Å². The Hall–Kier alpha value is -3.95. The lowest BCUT2D eigenvalue weighted by Crippen LogP contribution is -2.50. The van der Waals surface area contributed by atoms with Crippen molar-refractivity contribution in [1.29, 1.82) is 0 Å². The summed E-state index contributed by atoms with van der Waals surface area (Å²) in [4.78, 5) is 32.1. The highest BCUT2D eigenvalue weighted by Gasteiger charge is 2.36. The summed E-state index contributed by atoms with van der Waals surface area (Å²) in [6, 6.07) is 3.60. The van der Waals surface area contributed by atoms with E-state index >= 15 is 0 Å². The molecule has 222 valence electrons. The number of fused-ring (bicyclic) bond motifs is 1. The van der Waals surface area contributed by atoms with Gasteiger partial charge >= 0.3 is 6.03 Å². The van der Waals surface area contributed by atoms with Crippen molar-refractivity contribution in [2.45, 2.75) is 44.9 Å². The normalized spacial score (nSPS) is 18.3. The molecule has 41 heavy (non-hydrogen) atoms. The minimum atomic E-state index is -3.94. The Morgan fingerprint density at radius 2 is 2.02 bits per heavy atom. The fourth-order valence-electron chi connectivity index (χ4n) is 4.52. The van der Waals surface area contributed by atoms with E-state index in [1.807, 2.05) is 6.92 Å². The SMILES string of the molecule is Cc1noc(C)c1NC(=O)Nc1cccc2c1O[C@@H](CN(C)S(=O)(=O)c1cn(C)cn1)[C@H](C)CN([C@@H](C)CO)C2=O. The number of hydrogen-bond donors (Lipinski definition) is 3. The average Bonchev–Trinajstić information content (AvgIpc) is 3.51. The summed E-state index contributed by atoms with van der Waals surface area (Å²) in [7, 11) is -0.840. The van der Waals surface area contributed by atoms with Gasteiger partial charge in [-0.1, -0.05) is 18.1 Å². The highest BCUT2D eigenvalue weighted by molar-refractivity contribution is 7.89. The number of anilines is 2. The van der Waals surface area contributed by atoms with E-state index in [9.17, 15) is 23.1 Å². The molecule has 14 nitrogen and oxygen atoms in total. The van der Waals surface area contributed by atoms with Crippen molar-refractivity contribution < 1.29 is 32.4 Å². The Morgan fingerprint density at radius 1 is 1.29 bits per heavy atom. The summed E-state index contributed by atoms with van der Waals surface area (Å²) in [6.07, 6.45) is 2.07. The van der Waals surface area contributed by atoms with Crippen molar-refractivity contribution in [2.75, 3.05) is 37.4 Å². The summed E-state index contributed by atoms with van der Waals surface area (Å²) in [5.74, 6) is -0.253. The molecule has 3 heterocycles. The standard InChI is InChI=1S/C26H35N7O7S/c1-15-10-33(16(2)13-34)25(35)19-8-7-9-20(28-26(36)29-23-17(3)30-40-18(23)4)24(19)39-21(15)11-32(6)41(37,38)22-12-31(5)14-27-22/h7-9,12,14-16,21,34H,10-11,13H2,1-6H3,(H2,28,29,36)/t15-,16+,21+/m1/s1. The monoisotopic (exact) mass is 589 g/mol. The summed E-state index contributed by atoms with van der Waals surface area (Å²) >= 11 is 0. The van der Waals surface area contributed by atoms with Gasteiger partial charge in [0.25, 0.3) is 15.9 Å². The molecule has 0 saturated heterocycles. The van der Waals surface area contributed by atoms with Crippen molar-refractivity contribution in [3.8, 4) is 5.75 Å². The lowest BCUT2D eigenvalue weighted by Gasteiger charge is -2.38. The summed E-state index contributed by atoms with van der Waals surface area (Å²) in [5, 5.41) is 19.0. The Balaban J connectivity index is 1.70. The Bertz CT molecular complexity index is 1510. The van der Waals surface area contributed by atoms with Gasteiger partial charge in [0.15, 0.2) is 16.5 Å². The Kier molecular flexibility index (Phi) is 8.70. The first-order valence-corrected chi connectivity index (χ1v) is 14.4. The van der Waals surface area contributed by atoms with Gasteiger partial charge in [0.2, 0.25) is 0 Å². The number of nitrogens with one attached hydrogen (secondary N) is 2. The number of nitrogens with zero attached hydrogens (tertiary/aromatic N) is 5. The van der Waals surface area contributed by atoms with E-state index in [2.05, 4.69) is 20.8 Å². The number of aliphatic hydroxyl groups excluding tert-OH is 1. The summed E-state index contributed by atoms with van der Waals surface area (Å²) in [6.45, 7) is 6.75. The molecule has 2 aromatic heterocycles. The van der Waals surface area contributed by atoms with Gasteiger partial charge in [0.1, 0.15) is 17.5 Å². The number of aryl methyl sites for hydroxylation is 3. The van der Waals surface area contributed by atoms with E-state index in [0.29, 0.717) is 17.1 Å². The number of amides is 3. The van der Waals surface area contributed by atoms with Crippen LogP contribution in [0.2, 0.25) is 0 Å². The minimum Gasteiger partial charge on any atom is -0.486 e. The smallest absolute Gasteiger partial charge is 0.323 e. The molecular formula is C26H35N7O7S. The van der Waals surface area contributed by atoms with Crippen LogP contribution < -0.4 is 15.4 Å². The number of aromatic nitrogens is 3. The van der Waals surface area contributed by atoms with Gasteiger partial charge in [-0.15, -0.1) is 0 Å². The first-order valence-electron chi connectivity index (χ1n) is 13.0. The van der Waals surface area contributed by atoms with Gasteiger partial charge in [-0.25, -0.2) is 18.2 Å². The number of sulfonamides is 1. The largest absolute Gasteiger partial charge is 0.486 e. The van der Waals surface area contributed by atoms with E-state index in [1.165, 1.54) is 29.0 Å². The number of carbonyl (C=O) groups excluding carboxylic acids is 2. The van der Waals surface area contributed by atoms with Crippen LogP contribution in [-0.4, -0.2) is 88.3 Å². The zero-order valence-electron chi connectivity index (χ0n) is 23.8. The lowest BCUT2D eigenvalue weighted by molar-refractivity contribution is 0.0389. The van der Waals surface area contributed by atoms with Gasteiger partial charge in [-0.05, 0) is 32.9 Å². The second-order valence-corrected chi connectivity index (χ2v) is 12.2. The van der Waals surface area contributed by atoms with Crippen LogP contribution in [0.15, 0.2) is 40.3 Å². The maximum absolute atomic E-state index is 13.7. The molecule has 0 unspecified atom stereocenters. The Morgan fingerprint density at radius 3 is 2.63 bits per heavy atom. The van der Waals surface area contributed by atoms with Crippen molar-refractivity contribution in [1.82, 2.24) is 23.9 Å². The van der Waals surface area contributed by atoms with Crippen LogP contribution in [0.1, 0.15) is 35.7 Å². The van der Waals surface area contributed by atoms with Crippen molar-refractivity contribution >= 4 is 33.3 Å². The first-order chi connectivity index (χ1) is 19.3. The molecule has 0 radical (unpaired) electrons. The van der Waals surface area contributed by atoms with E-state index in [-0.39, 0.29) is 47.6 Å². The number of para-hydroxylation sites is 1. The predicted molar refractivity (Wildman–Crippen MR) is 149 cm³/mol. The number of benzene rings is 1. The predicted octanol–water partition coefficient (Wildman–Crippen LogP) is 2.21. The second-order valence-electron chi connectivity index (χ2n) is 10.2. The van der Waals surface area contributed by atoms with Gasteiger partial charge in [0.05, 0.1) is 36.8 Å². The number of urea groups is 1. The maximum atomic E-state index is 13.7. The maximum Gasteiger partial charge on any atom is 0.323 e. The van der Waals surface area contributed by atoms with Crippen LogP contribution in [0.25, 0.3) is 0 Å². The number of aliphatic hydroxyl groups is 1. The van der Waals surface area contributed by atoms with Gasteiger partial charge in [-0.3, -0.25) is 4.79 Å². The zero-order chi connectivity index (χ0) is 30.1. The molecular weight excluding hydrogens is 554 g/mol. The van der Waals surface area contributed by atoms with Crippen LogP contribution >= 0.6 is 0 Å². The third-order valence-corrected chi connectivity index (χ3v) is 8.71. The third-order valence-electron chi connectivity index (χ3n) is 7.00. The Labute approximate surface area is 238 Å². The molecule has 0 aliphatic carbocycles. The van der Waals surface area contributed by atoms with Crippen LogP contribution in [0, 0.1) is 19.8 Å². The molecule has 4 rings (SSSR count). The third kappa shape index (κ3) is 6.21. The fourth-order valence-corrected chi connectivity index (χ4v) is 5.66. The number of carbonyl (C=O) groups is 2. The molecule has 0 fully saturated rings. The van der Waals surface area contributed by atoms with Crippen molar-refractivity contribution in [2.24, 2.45) is 13.0 Å². The molecule has 1 aliphatic heterocycles. The molecule has 15 heteroatoms. The molecule has 3 atom stereocenters. The molecule has 0 saturated carbocycles. The molecule has 0 bridgehead atoms. The topological polar surface area (TPSA) is 172 Å². The molecule has 1 aromatic carbocycles. The highest BCUT2D eigenvalue weighted by atomic mass is 32.2. The first kappa shape index (κ1) is 30.0. The molecule has 3 aromatic rings. The number of hydrogen-bond acceptors (Lipinski definition) is 9. The summed E-state index contributed by atoms with van der Waals surface area (Å²) in [5.41, 5.74) is 1.26. The zero-order valence-corrected chi connectivity index (χ0v) is 24.6. The number of likely N-dealkylation sites (N-methyl/N-ethyl adjacent to an activating group) is 1. The number of imidazole rings is 1. The van der Waals surface area contributed by atoms with Crippen LogP contribution in [0.4, 0.5) is 16.2 Å². The second kappa shape index (κ2) is 11.9. The lowest BCUT2D eigenvalue weighted by atomic mass is 9.99. The molecule has 3 amide bonds. The minimum absolute atomic E-state index is 0.0747. The highest BCUT2D eigenvalue weighted by Crippen LogP contribution is 2.35. The number of ether oxygens (including phenoxy) is 1.